The van der Waals surface area contributed by atoms with Crippen molar-refractivity contribution in [3.05, 3.63) is 124 Å². The predicted octanol–water partition coefficient (Wildman–Crippen LogP) is 7.87. The molecule has 0 spiro atoms. The first-order valence-electron chi connectivity index (χ1n) is 20.4. The molecule has 4 aliphatic heterocycles. The molecule has 0 saturated carbocycles. The summed E-state index contributed by atoms with van der Waals surface area (Å²) in [5.41, 5.74) is 7.81. The second kappa shape index (κ2) is 16.9. The Bertz CT molecular complexity index is 2560. The number of nitrogens with one attached hydrogen (secondary N) is 1. The first kappa shape index (κ1) is 39.4. The lowest BCUT2D eigenvalue weighted by Crippen LogP contribution is -2.39. The van der Waals surface area contributed by atoms with E-state index < -0.39 is 0 Å². The molecule has 4 aliphatic rings. The molecule has 61 heavy (non-hydrogen) atoms. The molecule has 1 N–H and O–H groups in total. The maximum atomic E-state index is 14.0. The SMILES string of the molecule is COC(=O)CCCCOc1cc(COc2cc3c(cc2OC)C(=O)N2c4ccccc4C[C@H]2C=N3)cc(COc2cc3c(cc2OC)C(=O)N2c4ccccc4C[C@H]2CN3)c1. The lowest BCUT2D eigenvalue weighted by atomic mass is 10.1. The van der Waals surface area contributed by atoms with Gasteiger partial charge in [-0.15, -0.1) is 0 Å². The zero-order valence-electron chi connectivity index (χ0n) is 34.3. The zero-order chi connectivity index (χ0) is 42.0. The molecule has 2 amide bonds. The van der Waals surface area contributed by atoms with Gasteiger partial charge in [0, 0.05) is 49.1 Å². The van der Waals surface area contributed by atoms with Gasteiger partial charge in [0.2, 0.25) is 0 Å². The van der Waals surface area contributed by atoms with Gasteiger partial charge in [0.05, 0.1) is 62.5 Å². The molecule has 0 radical (unpaired) electrons. The van der Waals surface area contributed by atoms with E-state index in [0.29, 0.717) is 90.1 Å². The molecule has 4 heterocycles. The molecule has 0 aromatic heterocycles. The quantitative estimate of drug-likeness (QED) is 0.0871. The van der Waals surface area contributed by atoms with E-state index in [1.54, 1.807) is 37.3 Å². The Morgan fingerprint density at radius 2 is 1.34 bits per heavy atom. The summed E-state index contributed by atoms with van der Waals surface area (Å²) in [5, 5.41) is 3.49. The second-order valence-electron chi connectivity index (χ2n) is 15.4. The van der Waals surface area contributed by atoms with Crippen LogP contribution in [-0.2, 0) is 35.6 Å². The van der Waals surface area contributed by atoms with Crippen molar-refractivity contribution in [3.8, 4) is 28.7 Å². The summed E-state index contributed by atoms with van der Waals surface area (Å²) in [6.45, 7) is 1.26. The van der Waals surface area contributed by atoms with Gasteiger partial charge in [-0.2, -0.15) is 0 Å². The van der Waals surface area contributed by atoms with E-state index in [1.807, 2.05) is 77.8 Å². The first-order valence-corrected chi connectivity index (χ1v) is 20.4. The highest BCUT2D eigenvalue weighted by Gasteiger charge is 2.38. The minimum absolute atomic E-state index is 0.00614. The summed E-state index contributed by atoms with van der Waals surface area (Å²) in [4.78, 5) is 48.0. The number of anilines is 3. The van der Waals surface area contributed by atoms with Gasteiger partial charge in [0.1, 0.15) is 19.0 Å². The van der Waals surface area contributed by atoms with Crippen molar-refractivity contribution in [1.82, 2.24) is 0 Å². The summed E-state index contributed by atoms with van der Waals surface area (Å²) in [7, 11) is 4.48. The highest BCUT2D eigenvalue weighted by molar-refractivity contribution is 6.15. The van der Waals surface area contributed by atoms with E-state index in [9.17, 15) is 14.4 Å². The molecule has 0 saturated heterocycles. The van der Waals surface area contributed by atoms with Crippen LogP contribution in [0.5, 0.6) is 28.7 Å². The Morgan fingerprint density at radius 1 is 0.705 bits per heavy atom. The summed E-state index contributed by atoms with van der Waals surface area (Å²) in [6, 6.07) is 28.5. The van der Waals surface area contributed by atoms with E-state index >= 15 is 0 Å². The van der Waals surface area contributed by atoms with Crippen LogP contribution >= 0.6 is 0 Å². The van der Waals surface area contributed by atoms with Gasteiger partial charge in [-0.25, -0.2) is 0 Å². The normalized spacial score (nSPS) is 16.8. The van der Waals surface area contributed by atoms with Crippen molar-refractivity contribution in [3.63, 3.8) is 0 Å². The fraction of sp³-hybridized carbons (Fsp3) is 0.292. The summed E-state index contributed by atoms with van der Waals surface area (Å²) >= 11 is 0. The standard InChI is InChI=1S/C48H46N4O9/c1-56-42-21-36-38(49-25-33-19-31-10-4-6-12-40(31)51(33)47(36)54)23-44(42)60-27-29-16-30(18-35(17-29)59-15-9-8-14-46(53)58-3)28-61-45-24-39-37(22-43(45)57-2)48(55)52-34(26-50-39)20-32-11-5-7-13-41(32)52/h4-7,10-13,16-18,21-25,33-34,50H,8-9,14-15,19-20,26-28H2,1-3H3/t33-,34-/m0/s1. The molecule has 13 nitrogen and oxygen atoms in total. The Labute approximate surface area is 353 Å². The Hall–Kier alpha value is -7.02. The predicted molar refractivity (Wildman–Crippen MR) is 231 cm³/mol. The number of carbonyl (C=O) groups is 3. The van der Waals surface area contributed by atoms with Crippen LogP contribution in [0.1, 0.15) is 62.2 Å². The number of hydrogen-bond donors (Lipinski definition) is 1. The highest BCUT2D eigenvalue weighted by atomic mass is 16.5. The molecule has 0 aliphatic carbocycles. The third-order valence-electron chi connectivity index (χ3n) is 11.6. The van der Waals surface area contributed by atoms with Crippen molar-refractivity contribution in [2.45, 2.75) is 57.4 Å². The number of methoxy groups -OCH3 is 3. The third-order valence-corrected chi connectivity index (χ3v) is 11.6. The van der Waals surface area contributed by atoms with Crippen molar-refractivity contribution >= 4 is 46.7 Å². The van der Waals surface area contributed by atoms with E-state index in [1.165, 1.54) is 7.11 Å². The maximum absolute atomic E-state index is 14.0. The van der Waals surface area contributed by atoms with Gasteiger partial charge >= 0.3 is 5.97 Å². The summed E-state index contributed by atoms with van der Waals surface area (Å²) in [6.07, 6.45) is 4.89. The van der Waals surface area contributed by atoms with Gasteiger partial charge in [-0.1, -0.05) is 36.4 Å². The van der Waals surface area contributed by atoms with E-state index in [-0.39, 0.29) is 43.1 Å². The van der Waals surface area contributed by atoms with Gasteiger partial charge < -0.3 is 38.6 Å². The topological polar surface area (TPSA) is 137 Å². The van der Waals surface area contributed by atoms with Gasteiger partial charge in [-0.05, 0) is 84.0 Å². The second-order valence-corrected chi connectivity index (χ2v) is 15.4. The first-order chi connectivity index (χ1) is 29.8. The third kappa shape index (κ3) is 7.79. The van der Waals surface area contributed by atoms with Crippen LogP contribution in [0, 0.1) is 0 Å². The number of ether oxygens (including phenoxy) is 6. The zero-order valence-corrected chi connectivity index (χ0v) is 34.3. The molecular weight excluding hydrogens is 777 g/mol. The fourth-order valence-corrected chi connectivity index (χ4v) is 8.57. The Balaban J connectivity index is 0.948. The number of rotatable bonds is 14. The number of carbonyl (C=O) groups excluding carboxylic acids is 3. The molecule has 13 heteroatoms. The van der Waals surface area contributed by atoms with Crippen LogP contribution in [0.15, 0.2) is 96.0 Å². The van der Waals surface area contributed by atoms with Crippen LogP contribution in [0.25, 0.3) is 0 Å². The lowest BCUT2D eigenvalue weighted by molar-refractivity contribution is -0.140. The number of amides is 2. The Morgan fingerprint density at radius 3 is 2.05 bits per heavy atom. The molecule has 5 aromatic rings. The Kier molecular flexibility index (Phi) is 10.9. The molecule has 0 bridgehead atoms. The number of para-hydroxylation sites is 2. The van der Waals surface area contributed by atoms with Crippen LogP contribution < -0.4 is 38.8 Å². The van der Waals surface area contributed by atoms with E-state index in [4.69, 9.17) is 33.4 Å². The minimum Gasteiger partial charge on any atom is -0.494 e. The monoisotopic (exact) mass is 822 g/mol. The highest BCUT2D eigenvalue weighted by Crippen LogP contribution is 2.43. The number of hydrogen-bond acceptors (Lipinski definition) is 11. The van der Waals surface area contributed by atoms with Gasteiger partial charge in [0.25, 0.3) is 11.8 Å². The number of unbranched alkanes of at least 4 members (excludes halogenated alkanes) is 1. The minimum atomic E-state index is -0.258. The number of benzene rings is 5. The molecule has 9 rings (SSSR count). The average Bonchev–Trinajstić information content (AvgIpc) is 3.78. The van der Waals surface area contributed by atoms with Crippen LogP contribution in [-0.4, -0.2) is 70.6 Å². The van der Waals surface area contributed by atoms with Gasteiger partial charge in [0.15, 0.2) is 23.0 Å². The number of aliphatic imine (C=N–C) groups is 1. The molecule has 5 aromatic carbocycles. The van der Waals surface area contributed by atoms with Crippen LogP contribution in [0.3, 0.4) is 0 Å². The van der Waals surface area contributed by atoms with E-state index in [2.05, 4.69) is 11.4 Å². The number of fused-ring (bicyclic) bond motifs is 8. The van der Waals surface area contributed by atoms with Gasteiger partial charge in [-0.3, -0.25) is 24.3 Å². The van der Waals surface area contributed by atoms with Crippen molar-refractivity contribution in [2.24, 2.45) is 4.99 Å². The largest absolute Gasteiger partial charge is 0.494 e. The lowest BCUT2D eigenvalue weighted by Gasteiger charge is -2.22. The molecular formula is C48H46N4O9. The molecule has 0 fully saturated rings. The molecule has 2 atom stereocenters. The summed E-state index contributed by atoms with van der Waals surface area (Å²) in [5.74, 6) is 1.86. The van der Waals surface area contributed by atoms with Crippen LogP contribution in [0.2, 0.25) is 0 Å². The number of nitrogens with zero attached hydrogens (tertiary/aromatic N) is 3. The van der Waals surface area contributed by atoms with Crippen molar-refractivity contribution in [1.29, 1.82) is 0 Å². The van der Waals surface area contributed by atoms with Crippen LogP contribution in [0.4, 0.5) is 22.7 Å². The van der Waals surface area contributed by atoms with E-state index in [0.717, 1.165) is 40.0 Å². The van der Waals surface area contributed by atoms with Crippen molar-refractivity contribution < 1.29 is 42.8 Å². The smallest absolute Gasteiger partial charge is 0.305 e. The number of esters is 1. The summed E-state index contributed by atoms with van der Waals surface area (Å²) < 4.78 is 35.3. The molecule has 0 unspecified atom stereocenters. The fourth-order valence-electron chi connectivity index (χ4n) is 8.57. The molecule has 312 valence electrons. The maximum Gasteiger partial charge on any atom is 0.305 e. The average molecular weight is 823 g/mol. The van der Waals surface area contributed by atoms with Crippen molar-refractivity contribution in [2.75, 3.05) is 49.6 Å².